The second kappa shape index (κ2) is 8.63. The molecule has 29 heavy (non-hydrogen) atoms. The number of hydrogen-bond donors (Lipinski definition) is 0. The smallest absolute Gasteiger partial charge is 0.223 e. The highest BCUT2D eigenvalue weighted by molar-refractivity contribution is 6.82. The molecule has 2 aromatic heterocycles. The molecule has 4 nitrogen and oxygen atoms in total. The van der Waals surface area contributed by atoms with Gasteiger partial charge in [0.05, 0.1) is 0 Å². The molecule has 1 unspecified atom stereocenters. The largest absolute Gasteiger partial charge is 0.359 e. The zero-order valence-electron chi connectivity index (χ0n) is 19.4. The van der Waals surface area contributed by atoms with Gasteiger partial charge in [-0.3, -0.25) is 4.79 Å². The van der Waals surface area contributed by atoms with Crippen LogP contribution in [-0.4, -0.2) is 34.8 Å². The zero-order chi connectivity index (χ0) is 21.3. The summed E-state index contributed by atoms with van der Waals surface area (Å²) in [7, 11) is -1.81. The van der Waals surface area contributed by atoms with Gasteiger partial charge in [-0.05, 0) is 52.9 Å². The maximum atomic E-state index is 12.4. The molecule has 0 saturated carbocycles. The molecule has 0 bridgehead atoms. The lowest BCUT2D eigenvalue weighted by Gasteiger charge is -2.44. The molecule has 1 atom stereocenters. The van der Waals surface area contributed by atoms with E-state index in [2.05, 4.69) is 71.0 Å². The molecule has 1 aliphatic rings. The fraction of sp³-hybridized carbons (Fsp3) is 0.667. The van der Waals surface area contributed by atoms with E-state index in [9.17, 15) is 4.79 Å². The lowest BCUT2D eigenvalue weighted by Crippen LogP contribution is -2.51. The van der Waals surface area contributed by atoms with Gasteiger partial charge in [0.1, 0.15) is 5.65 Å². The van der Waals surface area contributed by atoms with Gasteiger partial charge in [-0.25, -0.2) is 4.98 Å². The number of likely N-dealkylation sites (tertiary alicyclic amines) is 1. The van der Waals surface area contributed by atoms with Gasteiger partial charge < -0.3 is 9.13 Å². The third-order valence-corrected chi connectivity index (χ3v) is 13.9. The first-order valence-corrected chi connectivity index (χ1v) is 13.6. The van der Waals surface area contributed by atoms with Gasteiger partial charge in [0, 0.05) is 31.1 Å². The Morgan fingerprint density at radius 3 is 2.38 bits per heavy atom. The van der Waals surface area contributed by atoms with Crippen molar-refractivity contribution in [2.45, 2.75) is 90.9 Å². The maximum Gasteiger partial charge on any atom is 0.223 e. The molecule has 1 saturated heterocycles. The molecule has 160 valence electrons. The molecular weight excluding hydrogens is 374 g/mol. The summed E-state index contributed by atoms with van der Waals surface area (Å²) >= 11 is 0. The van der Waals surface area contributed by atoms with Crippen molar-refractivity contribution in [3.8, 4) is 0 Å². The second-order valence-corrected chi connectivity index (χ2v) is 15.6. The summed E-state index contributed by atoms with van der Waals surface area (Å²) in [5, 5.41) is 1.21. The Bertz CT molecular complexity index is 833. The Kier molecular flexibility index (Phi) is 6.56. The minimum Gasteiger partial charge on any atom is -0.359 e. The van der Waals surface area contributed by atoms with Crippen molar-refractivity contribution in [2.75, 3.05) is 6.54 Å². The number of amides is 1. The van der Waals surface area contributed by atoms with Gasteiger partial charge >= 0.3 is 0 Å². The highest BCUT2D eigenvalue weighted by Gasteiger charge is 2.46. The maximum absolute atomic E-state index is 12.4. The molecule has 0 N–H and O–H groups in total. The first-order valence-electron chi connectivity index (χ1n) is 11.5. The van der Waals surface area contributed by atoms with Crippen LogP contribution >= 0.6 is 0 Å². The number of pyridine rings is 1. The first-order chi connectivity index (χ1) is 13.7. The predicted molar refractivity (Wildman–Crippen MR) is 125 cm³/mol. The minimum atomic E-state index is -1.81. The Balaban J connectivity index is 1.91. The first kappa shape index (κ1) is 22.1. The van der Waals surface area contributed by atoms with Crippen molar-refractivity contribution in [1.82, 2.24) is 14.1 Å². The zero-order valence-corrected chi connectivity index (χ0v) is 20.4. The molecule has 0 radical (unpaired) electrons. The van der Waals surface area contributed by atoms with Gasteiger partial charge in [-0.15, -0.1) is 0 Å². The van der Waals surface area contributed by atoms with E-state index in [1.807, 2.05) is 11.1 Å². The summed E-state index contributed by atoms with van der Waals surface area (Å²) in [6.45, 7) is 18.1. The summed E-state index contributed by atoms with van der Waals surface area (Å²) in [6.07, 6.45) is 7.30. The van der Waals surface area contributed by atoms with Gasteiger partial charge in [0.2, 0.25) is 5.91 Å². The molecule has 5 heteroatoms. The lowest BCUT2D eigenvalue weighted by atomic mass is 10.0. The van der Waals surface area contributed by atoms with E-state index in [-0.39, 0.29) is 0 Å². The number of rotatable bonds is 8. The van der Waals surface area contributed by atoms with Crippen molar-refractivity contribution in [1.29, 1.82) is 0 Å². The third kappa shape index (κ3) is 3.90. The molecule has 1 fully saturated rings. The van der Waals surface area contributed by atoms with E-state index < -0.39 is 8.24 Å². The van der Waals surface area contributed by atoms with Crippen LogP contribution in [0.5, 0.6) is 0 Å². The highest BCUT2D eigenvalue weighted by atomic mass is 28.3. The van der Waals surface area contributed by atoms with Crippen LogP contribution in [0.15, 0.2) is 24.5 Å². The van der Waals surface area contributed by atoms with Crippen molar-refractivity contribution < 1.29 is 4.79 Å². The van der Waals surface area contributed by atoms with Gasteiger partial charge in [0.15, 0.2) is 8.24 Å². The Morgan fingerprint density at radius 1 is 1.14 bits per heavy atom. The van der Waals surface area contributed by atoms with Crippen molar-refractivity contribution in [3.63, 3.8) is 0 Å². The van der Waals surface area contributed by atoms with Crippen LogP contribution in [0.1, 0.15) is 73.3 Å². The van der Waals surface area contributed by atoms with E-state index in [1.54, 1.807) is 0 Å². The van der Waals surface area contributed by atoms with Crippen LogP contribution in [0.2, 0.25) is 16.6 Å². The summed E-state index contributed by atoms with van der Waals surface area (Å²) in [4.78, 5) is 19.4. The monoisotopic (exact) mass is 413 g/mol. The molecular formula is C24H39N3OSi. The Hall–Kier alpha value is -1.62. The Morgan fingerprint density at radius 2 is 1.79 bits per heavy atom. The highest BCUT2D eigenvalue weighted by Crippen LogP contribution is 2.44. The lowest BCUT2D eigenvalue weighted by molar-refractivity contribution is -0.128. The van der Waals surface area contributed by atoms with Crippen LogP contribution in [0.4, 0.5) is 0 Å². The molecule has 0 aliphatic carbocycles. The van der Waals surface area contributed by atoms with E-state index in [0.717, 1.165) is 30.6 Å². The summed E-state index contributed by atoms with van der Waals surface area (Å²) < 4.78 is 2.56. The summed E-state index contributed by atoms with van der Waals surface area (Å²) in [6, 6.07) is 4.48. The molecule has 1 amide bonds. The van der Waals surface area contributed by atoms with Gasteiger partial charge in [-0.2, -0.15) is 0 Å². The standard InChI is InChI=1S/C24H39N3OSi/c1-8-9-20-13-23(28)26(15-20)16-21-12-22-10-11-27(24(22)25-14-21)29(17(2)3,18(4)5)19(6)7/h10-12,14,17-20H,8-9,13,15-16H2,1-7H3. The number of hydrogen-bond acceptors (Lipinski definition) is 2. The van der Waals surface area contributed by atoms with E-state index in [0.29, 0.717) is 41.4 Å². The van der Waals surface area contributed by atoms with Crippen LogP contribution < -0.4 is 0 Å². The predicted octanol–water partition coefficient (Wildman–Crippen LogP) is 6.21. The van der Waals surface area contributed by atoms with E-state index >= 15 is 0 Å². The molecule has 1 aliphatic heterocycles. The number of nitrogens with zero attached hydrogens (tertiary/aromatic N) is 3. The molecule has 2 aromatic rings. The van der Waals surface area contributed by atoms with Crippen molar-refractivity contribution >= 4 is 25.2 Å². The molecule has 3 rings (SSSR count). The summed E-state index contributed by atoms with van der Waals surface area (Å²) in [5.74, 6) is 0.826. The van der Waals surface area contributed by atoms with Crippen molar-refractivity contribution in [3.05, 3.63) is 30.1 Å². The van der Waals surface area contributed by atoms with Gasteiger partial charge in [-0.1, -0.05) is 54.9 Å². The second-order valence-electron chi connectivity index (χ2n) is 9.93. The minimum absolute atomic E-state index is 0.298. The third-order valence-electron chi connectivity index (χ3n) is 7.14. The fourth-order valence-corrected chi connectivity index (χ4v) is 12.7. The normalized spacial score (nSPS) is 18.2. The average Bonchev–Trinajstić information content (AvgIpc) is 3.19. The number of fused-ring (bicyclic) bond motifs is 1. The van der Waals surface area contributed by atoms with E-state index in [1.165, 1.54) is 5.39 Å². The van der Waals surface area contributed by atoms with E-state index in [4.69, 9.17) is 4.98 Å². The number of carbonyl (C=O) groups excluding carboxylic acids is 1. The Labute approximate surface area is 177 Å². The van der Waals surface area contributed by atoms with Gasteiger partial charge in [0.25, 0.3) is 0 Å². The SMILES string of the molecule is CCCC1CC(=O)N(Cc2cnc3c(ccn3[Si](C(C)C)(C(C)C)C(C)C)c2)C1. The van der Waals surface area contributed by atoms with Crippen molar-refractivity contribution in [2.24, 2.45) is 5.92 Å². The average molecular weight is 414 g/mol. The molecule has 3 heterocycles. The molecule has 0 spiro atoms. The van der Waals surface area contributed by atoms with Crippen LogP contribution in [0, 0.1) is 5.92 Å². The number of aromatic nitrogens is 2. The van der Waals surface area contributed by atoms with Crippen LogP contribution in [0.3, 0.4) is 0 Å². The fourth-order valence-electron chi connectivity index (χ4n) is 6.13. The quantitative estimate of drug-likeness (QED) is 0.483. The summed E-state index contributed by atoms with van der Waals surface area (Å²) in [5.41, 5.74) is 4.17. The molecule has 0 aromatic carbocycles. The topological polar surface area (TPSA) is 38.1 Å². The van der Waals surface area contributed by atoms with Crippen LogP contribution in [-0.2, 0) is 11.3 Å². The number of carbonyl (C=O) groups is 1. The van der Waals surface area contributed by atoms with Crippen LogP contribution in [0.25, 0.3) is 11.0 Å².